The highest BCUT2D eigenvalue weighted by Gasteiger charge is 2.67. The molecule has 5 aliphatic rings. The predicted molar refractivity (Wildman–Crippen MR) is 102 cm³/mol. The molecule has 2 N–H and O–H groups in total. The Hall–Kier alpha value is -1.13. The third-order valence-corrected chi connectivity index (χ3v) is 9.48. The van der Waals surface area contributed by atoms with Crippen LogP contribution >= 0.6 is 0 Å². The first-order valence-corrected chi connectivity index (χ1v) is 10.8. The molecule has 0 saturated heterocycles. The number of aliphatic hydroxyl groups excluding tert-OH is 1. The van der Waals surface area contributed by atoms with Gasteiger partial charge in [0.15, 0.2) is 0 Å². The molecule has 0 bridgehead atoms. The summed E-state index contributed by atoms with van der Waals surface area (Å²) >= 11 is 0. The van der Waals surface area contributed by atoms with Gasteiger partial charge in [-0.3, -0.25) is 0 Å². The largest absolute Gasteiger partial charge is 0.458 e. The molecule has 1 aliphatic heterocycles. The number of aliphatic hydroxyl groups is 2. The van der Waals surface area contributed by atoms with Crippen LogP contribution in [0.2, 0.25) is 0 Å². The molecule has 0 aromatic carbocycles. The molecule has 3 saturated carbocycles. The van der Waals surface area contributed by atoms with Gasteiger partial charge in [-0.2, -0.15) is 0 Å². The van der Waals surface area contributed by atoms with E-state index < -0.39 is 5.60 Å². The van der Waals surface area contributed by atoms with E-state index in [-0.39, 0.29) is 35.2 Å². The number of hydrogen-bond donors (Lipinski definition) is 2. The number of esters is 1. The van der Waals surface area contributed by atoms with Crippen LogP contribution < -0.4 is 0 Å². The summed E-state index contributed by atoms with van der Waals surface area (Å²) in [5.41, 5.74) is 0.157. The number of carbonyl (C=O) groups excluding carboxylic acids is 1. The summed E-state index contributed by atoms with van der Waals surface area (Å²) in [6.45, 7) is 2.90. The first kappa shape index (κ1) is 17.9. The second-order valence-electron chi connectivity index (χ2n) is 10.1. The lowest BCUT2D eigenvalue weighted by molar-refractivity contribution is -0.206. The third-order valence-electron chi connectivity index (χ3n) is 9.48. The van der Waals surface area contributed by atoms with Crippen LogP contribution in [0.4, 0.5) is 0 Å². The molecule has 27 heavy (non-hydrogen) atoms. The Morgan fingerprint density at radius 2 is 2.00 bits per heavy atom. The third kappa shape index (κ3) is 2.20. The van der Waals surface area contributed by atoms with E-state index in [0.717, 1.165) is 56.9 Å². The van der Waals surface area contributed by atoms with Crippen molar-refractivity contribution in [3.8, 4) is 0 Å². The second kappa shape index (κ2) is 5.93. The van der Waals surface area contributed by atoms with Crippen molar-refractivity contribution in [3.05, 3.63) is 23.8 Å². The van der Waals surface area contributed by atoms with Gasteiger partial charge in [-0.05, 0) is 80.6 Å². The quantitative estimate of drug-likeness (QED) is 0.576. The molecule has 0 amide bonds. The SMILES string of the molecule is C[C@]12CC[C@H]3[C@@H](CC[C@H]4C=CCC[C@@]43CO)[C@@]1(O)CC[C@@H]2C1=CC(=O)OC1. The lowest BCUT2D eigenvalue weighted by atomic mass is 9.43. The van der Waals surface area contributed by atoms with Crippen LogP contribution in [0.15, 0.2) is 23.8 Å². The van der Waals surface area contributed by atoms with Gasteiger partial charge in [0, 0.05) is 23.5 Å². The van der Waals surface area contributed by atoms with E-state index in [9.17, 15) is 15.0 Å². The fourth-order valence-electron chi connectivity index (χ4n) is 8.08. The van der Waals surface area contributed by atoms with Crippen molar-refractivity contribution in [2.45, 2.75) is 63.9 Å². The zero-order valence-corrected chi connectivity index (χ0v) is 16.3. The Labute approximate surface area is 161 Å². The van der Waals surface area contributed by atoms with E-state index >= 15 is 0 Å². The molecule has 1 heterocycles. The van der Waals surface area contributed by atoms with E-state index in [1.165, 1.54) is 0 Å². The van der Waals surface area contributed by atoms with Crippen molar-refractivity contribution < 1.29 is 19.7 Å². The van der Waals surface area contributed by atoms with Crippen LogP contribution in [0, 0.1) is 34.5 Å². The van der Waals surface area contributed by atoms with E-state index in [2.05, 4.69) is 19.1 Å². The molecular formula is C23H32O4. The highest BCUT2D eigenvalue weighted by molar-refractivity contribution is 5.85. The minimum atomic E-state index is -0.693. The molecule has 7 atom stereocenters. The highest BCUT2D eigenvalue weighted by Crippen LogP contribution is 2.69. The average molecular weight is 373 g/mol. The number of ether oxygens (including phenoxy) is 1. The lowest BCUT2D eigenvalue weighted by Crippen LogP contribution is -2.62. The zero-order chi connectivity index (χ0) is 18.9. The van der Waals surface area contributed by atoms with Gasteiger partial charge in [-0.25, -0.2) is 4.79 Å². The molecule has 0 radical (unpaired) electrons. The molecule has 5 rings (SSSR count). The number of cyclic esters (lactones) is 1. The number of hydrogen-bond acceptors (Lipinski definition) is 4. The summed E-state index contributed by atoms with van der Waals surface area (Å²) in [5, 5.41) is 22.6. The Balaban J connectivity index is 1.51. The van der Waals surface area contributed by atoms with E-state index in [1.54, 1.807) is 6.08 Å². The Morgan fingerprint density at radius 1 is 1.15 bits per heavy atom. The number of allylic oxidation sites excluding steroid dienone is 2. The minimum absolute atomic E-state index is 0.0431. The topological polar surface area (TPSA) is 66.8 Å². The predicted octanol–water partition coefficient (Wildman–Crippen LogP) is 3.38. The molecule has 0 unspecified atom stereocenters. The van der Waals surface area contributed by atoms with Crippen molar-refractivity contribution in [1.29, 1.82) is 0 Å². The van der Waals surface area contributed by atoms with Crippen LogP contribution in [0.5, 0.6) is 0 Å². The minimum Gasteiger partial charge on any atom is -0.458 e. The van der Waals surface area contributed by atoms with Crippen LogP contribution in [-0.2, 0) is 9.53 Å². The Bertz CT molecular complexity index is 711. The van der Waals surface area contributed by atoms with Gasteiger partial charge in [-0.15, -0.1) is 0 Å². The van der Waals surface area contributed by atoms with Crippen LogP contribution in [0.25, 0.3) is 0 Å². The standard InChI is InChI=1S/C23H32O4/c1-21-10-7-18-19(6-5-16-4-2-3-9-22(16,18)14-24)23(21,26)11-8-17(21)15-12-20(25)27-13-15/h2,4,12,16-19,24,26H,3,5-11,13-14H2,1H3/t16-,17-,18+,19-,21-,22-,23+/m1/s1. The maximum absolute atomic E-state index is 12.1. The summed E-state index contributed by atoms with van der Waals surface area (Å²) in [6.07, 6.45) is 14.3. The first-order chi connectivity index (χ1) is 12.9. The first-order valence-electron chi connectivity index (χ1n) is 10.8. The molecule has 4 nitrogen and oxygen atoms in total. The van der Waals surface area contributed by atoms with Crippen molar-refractivity contribution in [3.63, 3.8) is 0 Å². The molecule has 4 heteroatoms. The molecule has 3 fully saturated rings. The maximum atomic E-state index is 12.1. The number of carbonyl (C=O) groups is 1. The summed E-state index contributed by atoms with van der Waals surface area (Å²) in [6, 6.07) is 0. The van der Waals surface area contributed by atoms with Crippen molar-refractivity contribution in [2.24, 2.45) is 34.5 Å². The zero-order valence-electron chi connectivity index (χ0n) is 16.3. The molecule has 0 aromatic heterocycles. The van der Waals surface area contributed by atoms with E-state index in [0.29, 0.717) is 18.4 Å². The summed E-state index contributed by atoms with van der Waals surface area (Å²) in [5.74, 6) is 1.13. The normalized spacial score (nSPS) is 51.2. The van der Waals surface area contributed by atoms with Crippen LogP contribution in [0.3, 0.4) is 0 Å². The summed E-state index contributed by atoms with van der Waals surface area (Å²) < 4.78 is 5.19. The summed E-state index contributed by atoms with van der Waals surface area (Å²) in [7, 11) is 0. The highest BCUT2D eigenvalue weighted by atomic mass is 16.5. The van der Waals surface area contributed by atoms with Gasteiger partial charge in [0.2, 0.25) is 0 Å². The molecular weight excluding hydrogens is 340 g/mol. The Kier molecular flexibility index (Phi) is 3.94. The van der Waals surface area contributed by atoms with Gasteiger partial charge in [0.25, 0.3) is 0 Å². The Morgan fingerprint density at radius 3 is 2.74 bits per heavy atom. The maximum Gasteiger partial charge on any atom is 0.331 e. The van der Waals surface area contributed by atoms with Gasteiger partial charge in [0.05, 0.1) is 5.60 Å². The van der Waals surface area contributed by atoms with Crippen molar-refractivity contribution in [1.82, 2.24) is 0 Å². The molecule has 0 spiro atoms. The molecule has 148 valence electrons. The van der Waals surface area contributed by atoms with Gasteiger partial charge >= 0.3 is 5.97 Å². The van der Waals surface area contributed by atoms with Gasteiger partial charge in [0.1, 0.15) is 6.61 Å². The monoisotopic (exact) mass is 372 g/mol. The van der Waals surface area contributed by atoms with Gasteiger partial charge < -0.3 is 14.9 Å². The summed E-state index contributed by atoms with van der Waals surface area (Å²) in [4.78, 5) is 11.6. The smallest absolute Gasteiger partial charge is 0.331 e. The van der Waals surface area contributed by atoms with Crippen molar-refractivity contribution in [2.75, 3.05) is 13.2 Å². The average Bonchev–Trinajstić information content (AvgIpc) is 3.21. The van der Waals surface area contributed by atoms with Crippen LogP contribution in [0.1, 0.15) is 58.3 Å². The van der Waals surface area contributed by atoms with Crippen LogP contribution in [-0.4, -0.2) is 35.0 Å². The van der Waals surface area contributed by atoms with Gasteiger partial charge in [-0.1, -0.05) is 19.1 Å². The number of rotatable bonds is 2. The van der Waals surface area contributed by atoms with Crippen molar-refractivity contribution >= 4 is 5.97 Å². The second-order valence-corrected chi connectivity index (χ2v) is 10.1. The van der Waals surface area contributed by atoms with E-state index in [4.69, 9.17) is 4.74 Å². The number of fused-ring (bicyclic) bond motifs is 5. The lowest BCUT2D eigenvalue weighted by Gasteiger charge is -2.63. The van der Waals surface area contributed by atoms with E-state index in [1.807, 2.05) is 0 Å². The fourth-order valence-corrected chi connectivity index (χ4v) is 8.08. The molecule has 4 aliphatic carbocycles. The molecule has 0 aromatic rings. The fraction of sp³-hybridized carbons (Fsp3) is 0.783.